The van der Waals surface area contributed by atoms with Crippen LogP contribution in [0.2, 0.25) is 0 Å². The average Bonchev–Trinajstić information content (AvgIpc) is 3.43. The number of alkyl halides is 3. The molecule has 11 heteroatoms. The van der Waals surface area contributed by atoms with Crippen LogP contribution in [0.3, 0.4) is 0 Å². The second-order valence-corrected chi connectivity index (χ2v) is 7.39. The van der Waals surface area contributed by atoms with Gasteiger partial charge >= 0.3 is 6.18 Å². The molecule has 5 aromatic rings. The standard InChI is InChI=1S/C22H17F4N7/c23-14-7-13(10-29-15-1-2-17-18(8-15)33-21(32-17)22(24,25)26)19(31-11-14)30-9-12-3-5-27-20-16(12)4-6-28-20/h1-8,11,29H,9-10H2,(H,27,28)(H,30,31)(H,32,33). The number of fused-ring (bicyclic) bond motifs is 2. The summed E-state index contributed by atoms with van der Waals surface area (Å²) in [6.07, 6.45) is 0.0772. The maximum atomic E-state index is 13.9. The van der Waals surface area contributed by atoms with Crippen LogP contribution in [-0.2, 0) is 19.3 Å². The summed E-state index contributed by atoms with van der Waals surface area (Å²) in [5, 5.41) is 7.30. The van der Waals surface area contributed by atoms with Gasteiger partial charge in [-0.1, -0.05) is 0 Å². The van der Waals surface area contributed by atoms with Crippen molar-refractivity contribution >= 4 is 33.6 Å². The molecule has 0 amide bonds. The van der Waals surface area contributed by atoms with Gasteiger partial charge in [0, 0.05) is 42.1 Å². The lowest BCUT2D eigenvalue weighted by atomic mass is 10.1. The van der Waals surface area contributed by atoms with Crippen molar-refractivity contribution in [1.82, 2.24) is 24.9 Å². The molecular weight excluding hydrogens is 438 g/mol. The first-order valence-electron chi connectivity index (χ1n) is 9.97. The summed E-state index contributed by atoms with van der Waals surface area (Å²) in [6, 6.07) is 9.80. The fraction of sp³-hybridized carbons (Fsp3) is 0.136. The number of nitrogens with zero attached hydrogens (tertiary/aromatic N) is 3. The molecule has 0 unspecified atom stereocenters. The summed E-state index contributed by atoms with van der Waals surface area (Å²) >= 11 is 0. The maximum absolute atomic E-state index is 13.9. The van der Waals surface area contributed by atoms with Crippen molar-refractivity contribution in [1.29, 1.82) is 0 Å². The Kier molecular flexibility index (Phi) is 5.08. The van der Waals surface area contributed by atoms with Gasteiger partial charge in [-0.15, -0.1) is 0 Å². The number of rotatable bonds is 6. The summed E-state index contributed by atoms with van der Waals surface area (Å²) in [5.41, 5.74) is 3.34. The van der Waals surface area contributed by atoms with Gasteiger partial charge in [0.15, 0.2) is 0 Å². The van der Waals surface area contributed by atoms with Crippen LogP contribution < -0.4 is 10.6 Å². The SMILES string of the molecule is Fc1cnc(NCc2ccnc3[nH]ccc23)c(CNc2ccc3nc(C(F)(F)F)[nH]c3c2)c1. The number of H-pyrrole nitrogens is 2. The first-order valence-corrected chi connectivity index (χ1v) is 9.97. The number of anilines is 2. The summed E-state index contributed by atoms with van der Waals surface area (Å²) < 4.78 is 52.5. The molecule has 0 aliphatic rings. The summed E-state index contributed by atoms with van der Waals surface area (Å²) in [5.74, 6) is -1.05. The number of hydrogen-bond donors (Lipinski definition) is 4. The first-order chi connectivity index (χ1) is 15.9. The lowest BCUT2D eigenvalue weighted by Crippen LogP contribution is -2.09. The van der Waals surface area contributed by atoms with E-state index in [1.54, 1.807) is 18.5 Å². The number of imidazole rings is 1. The lowest BCUT2D eigenvalue weighted by Gasteiger charge is -2.13. The van der Waals surface area contributed by atoms with Crippen molar-refractivity contribution in [2.75, 3.05) is 10.6 Å². The van der Waals surface area contributed by atoms with E-state index in [2.05, 4.69) is 35.6 Å². The number of aromatic amines is 2. The van der Waals surface area contributed by atoms with Crippen molar-refractivity contribution in [2.45, 2.75) is 19.3 Å². The Morgan fingerprint density at radius 1 is 0.939 bits per heavy atom. The van der Waals surface area contributed by atoms with Crippen molar-refractivity contribution in [2.24, 2.45) is 0 Å². The van der Waals surface area contributed by atoms with Gasteiger partial charge < -0.3 is 20.6 Å². The Bertz CT molecular complexity index is 1440. The molecule has 4 aromatic heterocycles. The van der Waals surface area contributed by atoms with Crippen molar-refractivity contribution in [3.8, 4) is 0 Å². The summed E-state index contributed by atoms with van der Waals surface area (Å²) in [6.45, 7) is 0.650. The number of benzene rings is 1. The molecule has 33 heavy (non-hydrogen) atoms. The van der Waals surface area contributed by atoms with Gasteiger partial charge in [-0.2, -0.15) is 13.2 Å². The van der Waals surface area contributed by atoms with Gasteiger partial charge in [-0.25, -0.2) is 19.3 Å². The molecule has 0 saturated heterocycles. The third kappa shape index (κ3) is 4.29. The van der Waals surface area contributed by atoms with Crippen LogP contribution >= 0.6 is 0 Å². The zero-order valence-electron chi connectivity index (χ0n) is 17.0. The number of halogens is 4. The minimum absolute atomic E-state index is 0.203. The highest BCUT2D eigenvalue weighted by molar-refractivity contribution is 5.80. The van der Waals surface area contributed by atoms with E-state index in [9.17, 15) is 17.6 Å². The first kappa shape index (κ1) is 20.7. The van der Waals surface area contributed by atoms with E-state index in [0.29, 0.717) is 23.6 Å². The minimum atomic E-state index is -4.55. The van der Waals surface area contributed by atoms with Crippen LogP contribution in [0.15, 0.2) is 55.0 Å². The molecule has 168 valence electrons. The van der Waals surface area contributed by atoms with Gasteiger partial charge in [-0.3, -0.25) is 0 Å². The largest absolute Gasteiger partial charge is 0.449 e. The van der Waals surface area contributed by atoms with E-state index >= 15 is 0 Å². The Hall–Kier alpha value is -4.15. The highest BCUT2D eigenvalue weighted by Gasteiger charge is 2.34. The van der Waals surface area contributed by atoms with Crippen LogP contribution in [0.5, 0.6) is 0 Å². The van der Waals surface area contributed by atoms with E-state index in [1.165, 1.54) is 18.2 Å². The molecule has 0 aliphatic heterocycles. The molecule has 0 bridgehead atoms. The molecule has 7 nitrogen and oxygen atoms in total. The normalized spacial score (nSPS) is 11.9. The predicted octanol–water partition coefficient (Wildman–Crippen LogP) is 5.22. The Morgan fingerprint density at radius 2 is 1.79 bits per heavy atom. The monoisotopic (exact) mass is 455 g/mol. The van der Waals surface area contributed by atoms with Crippen LogP contribution in [0.25, 0.3) is 22.1 Å². The number of pyridine rings is 2. The molecule has 0 fully saturated rings. The topological polar surface area (TPSA) is 94.3 Å². The van der Waals surface area contributed by atoms with Gasteiger partial charge in [0.2, 0.25) is 5.82 Å². The highest BCUT2D eigenvalue weighted by atomic mass is 19.4. The Labute approximate surface area is 184 Å². The third-order valence-corrected chi connectivity index (χ3v) is 5.16. The van der Waals surface area contributed by atoms with Crippen LogP contribution in [-0.4, -0.2) is 24.9 Å². The third-order valence-electron chi connectivity index (χ3n) is 5.16. The van der Waals surface area contributed by atoms with Crippen molar-refractivity contribution in [3.63, 3.8) is 0 Å². The van der Waals surface area contributed by atoms with E-state index in [-0.39, 0.29) is 17.6 Å². The average molecular weight is 455 g/mol. The molecule has 0 atom stereocenters. The number of aromatic nitrogens is 5. The minimum Gasteiger partial charge on any atom is -0.381 e. The Balaban J connectivity index is 1.33. The van der Waals surface area contributed by atoms with Gasteiger partial charge in [0.25, 0.3) is 0 Å². The lowest BCUT2D eigenvalue weighted by molar-refractivity contribution is -0.144. The molecule has 1 aromatic carbocycles. The zero-order chi connectivity index (χ0) is 23.0. The second kappa shape index (κ2) is 8.08. The molecule has 4 heterocycles. The summed E-state index contributed by atoms with van der Waals surface area (Å²) in [4.78, 5) is 17.3. The fourth-order valence-electron chi connectivity index (χ4n) is 3.58. The smallest absolute Gasteiger partial charge is 0.381 e. The fourth-order valence-corrected chi connectivity index (χ4v) is 3.58. The van der Waals surface area contributed by atoms with Gasteiger partial charge in [0.1, 0.15) is 17.3 Å². The molecule has 0 aliphatic carbocycles. The molecule has 0 radical (unpaired) electrons. The van der Waals surface area contributed by atoms with Gasteiger partial charge in [-0.05, 0) is 42.0 Å². The quantitative estimate of drug-likeness (QED) is 0.264. The summed E-state index contributed by atoms with van der Waals surface area (Å²) in [7, 11) is 0. The molecule has 0 spiro atoms. The maximum Gasteiger partial charge on any atom is 0.449 e. The van der Waals surface area contributed by atoms with Crippen LogP contribution in [0.4, 0.5) is 29.1 Å². The number of hydrogen-bond acceptors (Lipinski definition) is 5. The van der Waals surface area contributed by atoms with Crippen molar-refractivity contribution in [3.05, 3.63) is 77.8 Å². The van der Waals surface area contributed by atoms with E-state index in [0.717, 1.165) is 22.8 Å². The molecule has 5 rings (SSSR count). The zero-order valence-corrected chi connectivity index (χ0v) is 17.0. The Morgan fingerprint density at radius 3 is 2.64 bits per heavy atom. The second-order valence-electron chi connectivity index (χ2n) is 7.39. The number of nitrogens with one attached hydrogen (secondary N) is 4. The van der Waals surface area contributed by atoms with E-state index < -0.39 is 17.8 Å². The molecule has 0 saturated carbocycles. The van der Waals surface area contributed by atoms with Crippen LogP contribution in [0, 0.1) is 5.82 Å². The molecular formula is C22H17F4N7. The van der Waals surface area contributed by atoms with Crippen LogP contribution in [0.1, 0.15) is 17.0 Å². The van der Waals surface area contributed by atoms with Gasteiger partial charge in [0.05, 0.1) is 17.2 Å². The van der Waals surface area contributed by atoms with E-state index in [4.69, 9.17) is 0 Å². The highest BCUT2D eigenvalue weighted by Crippen LogP contribution is 2.29. The predicted molar refractivity (Wildman–Crippen MR) is 116 cm³/mol. The van der Waals surface area contributed by atoms with E-state index in [1.807, 2.05) is 12.1 Å². The van der Waals surface area contributed by atoms with Crippen molar-refractivity contribution < 1.29 is 17.6 Å². The molecule has 4 N–H and O–H groups in total.